The third-order valence-corrected chi connectivity index (χ3v) is 2.84. The van der Waals surface area contributed by atoms with Gasteiger partial charge in [-0.2, -0.15) is 0 Å². The van der Waals surface area contributed by atoms with Crippen LogP contribution < -0.4 is 5.73 Å². The molecule has 90 valence electrons. The molecule has 0 bridgehead atoms. The number of rotatable bonds is 2. The van der Waals surface area contributed by atoms with Gasteiger partial charge in [0.2, 0.25) is 0 Å². The predicted octanol–water partition coefficient (Wildman–Crippen LogP) is 1.96. The zero-order chi connectivity index (χ0) is 12.5. The number of anilines is 1. The molecule has 0 aliphatic rings. The van der Waals surface area contributed by atoms with Crippen molar-refractivity contribution < 1.29 is 0 Å². The highest BCUT2D eigenvalue weighted by Gasteiger charge is 2.10. The van der Waals surface area contributed by atoms with Gasteiger partial charge in [0.1, 0.15) is 5.82 Å². The molecule has 5 heteroatoms. The van der Waals surface area contributed by atoms with E-state index >= 15 is 0 Å². The van der Waals surface area contributed by atoms with Crippen molar-refractivity contribution in [2.45, 2.75) is 13.3 Å². The first-order valence-corrected chi connectivity index (χ1v) is 5.84. The minimum Gasteiger partial charge on any atom is -0.381 e. The molecule has 0 amide bonds. The molecule has 2 N–H and O–H groups in total. The normalized spacial score (nSPS) is 10.9. The van der Waals surface area contributed by atoms with Crippen LogP contribution in [0.5, 0.6) is 0 Å². The van der Waals surface area contributed by atoms with Crippen molar-refractivity contribution in [3.05, 3.63) is 42.5 Å². The molecule has 3 aromatic rings. The van der Waals surface area contributed by atoms with Crippen LogP contribution in [0.2, 0.25) is 0 Å². The van der Waals surface area contributed by atoms with Gasteiger partial charge in [0.05, 0.1) is 11.0 Å². The number of nitrogens with two attached hydrogens (primary N) is 1. The maximum Gasteiger partial charge on any atom is 0.181 e. The van der Waals surface area contributed by atoms with E-state index in [1.807, 2.05) is 42.0 Å². The summed E-state index contributed by atoms with van der Waals surface area (Å²) in [7, 11) is 0. The van der Waals surface area contributed by atoms with Crippen molar-refractivity contribution in [1.82, 2.24) is 19.5 Å². The van der Waals surface area contributed by atoms with E-state index in [0.29, 0.717) is 11.6 Å². The van der Waals surface area contributed by atoms with E-state index in [1.165, 1.54) is 0 Å². The minimum absolute atomic E-state index is 0.418. The van der Waals surface area contributed by atoms with E-state index in [9.17, 15) is 0 Å². The second-order valence-electron chi connectivity index (χ2n) is 3.99. The molecule has 0 fully saturated rings. The first-order chi connectivity index (χ1) is 8.79. The summed E-state index contributed by atoms with van der Waals surface area (Å²) in [5.74, 6) is 1.98. The molecular weight excluding hydrogens is 226 g/mol. The fourth-order valence-electron chi connectivity index (χ4n) is 1.97. The Kier molecular flexibility index (Phi) is 2.44. The van der Waals surface area contributed by atoms with Crippen LogP contribution in [0.4, 0.5) is 5.82 Å². The summed E-state index contributed by atoms with van der Waals surface area (Å²) in [6, 6.07) is 7.68. The molecule has 5 nitrogen and oxygen atoms in total. The molecule has 3 rings (SSSR count). The quantitative estimate of drug-likeness (QED) is 0.742. The number of nitrogens with zero attached hydrogens (tertiary/aromatic N) is 4. The molecule has 0 spiro atoms. The predicted molar refractivity (Wildman–Crippen MR) is 70.5 cm³/mol. The molecule has 0 aliphatic heterocycles. The fourth-order valence-corrected chi connectivity index (χ4v) is 1.97. The van der Waals surface area contributed by atoms with Crippen LogP contribution in [0.1, 0.15) is 12.7 Å². The Morgan fingerprint density at radius 1 is 1.17 bits per heavy atom. The largest absolute Gasteiger partial charge is 0.381 e. The molecule has 0 aliphatic carbocycles. The summed E-state index contributed by atoms with van der Waals surface area (Å²) in [5.41, 5.74) is 7.61. The molecule has 0 atom stereocenters. The lowest BCUT2D eigenvalue weighted by atomic mass is 10.3. The fraction of sp³-hybridized carbons (Fsp3) is 0.154. The van der Waals surface area contributed by atoms with Crippen LogP contribution >= 0.6 is 0 Å². The van der Waals surface area contributed by atoms with E-state index in [2.05, 4.69) is 15.0 Å². The Balaban J connectivity index is 2.26. The summed E-state index contributed by atoms with van der Waals surface area (Å²) >= 11 is 0. The number of aryl methyl sites for hydroxylation is 1. The van der Waals surface area contributed by atoms with Gasteiger partial charge in [-0.05, 0) is 12.1 Å². The van der Waals surface area contributed by atoms with Crippen molar-refractivity contribution in [2.24, 2.45) is 0 Å². The summed E-state index contributed by atoms with van der Waals surface area (Å²) in [4.78, 5) is 13.2. The van der Waals surface area contributed by atoms with Gasteiger partial charge in [-0.1, -0.05) is 19.1 Å². The maximum absolute atomic E-state index is 5.98. The summed E-state index contributed by atoms with van der Waals surface area (Å²) in [6.45, 7) is 2.05. The molecule has 18 heavy (non-hydrogen) atoms. The molecule has 2 aromatic heterocycles. The van der Waals surface area contributed by atoms with Crippen LogP contribution in [0.3, 0.4) is 0 Å². The lowest BCUT2D eigenvalue weighted by Crippen LogP contribution is -2.07. The summed E-state index contributed by atoms with van der Waals surface area (Å²) < 4.78 is 1.88. The van der Waals surface area contributed by atoms with E-state index in [0.717, 1.165) is 23.3 Å². The second-order valence-corrected chi connectivity index (χ2v) is 3.99. The first kappa shape index (κ1) is 10.7. The zero-order valence-corrected chi connectivity index (χ0v) is 10.0. The van der Waals surface area contributed by atoms with Crippen LogP contribution in [-0.4, -0.2) is 19.5 Å². The van der Waals surface area contributed by atoms with Gasteiger partial charge in [-0.15, -0.1) is 0 Å². The van der Waals surface area contributed by atoms with Gasteiger partial charge in [0.25, 0.3) is 0 Å². The minimum atomic E-state index is 0.418. The smallest absolute Gasteiger partial charge is 0.181 e. The Bertz CT molecular complexity index is 701. The van der Waals surface area contributed by atoms with E-state index in [-0.39, 0.29) is 0 Å². The van der Waals surface area contributed by atoms with Gasteiger partial charge in [-0.25, -0.2) is 15.0 Å². The molecule has 0 unspecified atom stereocenters. The maximum atomic E-state index is 5.98. The Morgan fingerprint density at radius 2 is 1.89 bits per heavy atom. The van der Waals surface area contributed by atoms with Crippen LogP contribution in [0.15, 0.2) is 36.7 Å². The Hall–Kier alpha value is -2.43. The molecule has 1 aromatic carbocycles. The van der Waals surface area contributed by atoms with E-state index in [4.69, 9.17) is 5.73 Å². The molecular formula is C13H13N5. The third kappa shape index (κ3) is 1.60. The number of hydrogen-bond acceptors (Lipinski definition) is 4. The molecule has 0 saturated carbocycles. The monoisotopic (exact) mass is 239 g/mol. The number of benzene rings is 1. The van der Waals surface area contributed by atoms with Crippen molar-refractivity contribution in [1.29, 1.82) is 0 Å². The lowest BCUT2D eigenvalue weighted by Gasteiger charge is -2.09. The number of fused-ring (bicyclic) bond motifs is 1. The van der Waals surface area contributed by atoms with E-state index < -0.39 is 0 Å². The molecule has 0 radical (unpaired) electrons. The average molecular weight is 239 g/mol. The Labute approximate surface area is 104 Å². The lowest BCUT2D eigenvalue weighted by molar-refractivity contribution is 0.870. The summed E-state index contributed by atoms with van der Waals surface area (Å²) in [5, 5.41) is 0. The van der Waals surface area contributed by atoms with Crippen LogP contribution in [0, 0.1) is 0 Å². The number of hydrogen-bond donors (Lipinski definition) is 1. The van der Waals surface area contributed by atoms with Gasteiger partial charge in [-0.3, -0.25) is 4.57 Å². The van der Waals surface area contributed by atoms with Crippen LogP contribution in [-0.2, 0) is 6.42 Å². The third-order valence-electron chi connectivity index (χ3n) is 2.84. The van der Waals surface area contributed by atoms with Crippen molar-refractivity contribution in [3.63, 3.8) is 0 Å². The van der Waals surface area contributed by atoms with Crippen molar-refractivity contribution in [3.8, 4) is 5.82 Å². The SMILES string of the molecule is CCc1nccn1-c1nc2ccccc2nc1N. The summed E-state index contributed by atoms with van der Waals surface area (Å²) in [6.07, 6.45) is 4.42. The highest BCUT2D eigenvalue weighted by atomic mass is 15.2. The zero-order valence-electron chi connectivity index (χ0n) is 10.0. The molecule has 2 heterocycles. The molecule has 0 saturated heterocycles. The second kappa shape index (κ2) is 4.10. The van der Waals surface area contributed by atoms with Gasteiger partial charge in [0.15, 0.2) is 11.6 Å². The standard InChI is InChI=1S/C13H13N5/c1-2-11-15-7-8-18(11)13-12(14)16-9-5-3-4-6-10(9)17-13/h3-8H,2H2,1H3,(H2,14,16). The Morgan fingerprint density at radius 3 is 2.61 bits per heavy atom. The highest BCUT2D eigenvalue weighted by Crippen LogP contribution is 2.19. The number of para-hydroxylation sites is 2. The van der Waals surface area contributed by atoms with Gasteiger partial charge >= 0.3 is 0 Å². The van der Waals surface area contributed by atoms with Gasteiger partial charge < -0.3 is 5.73 Å². The van der Waals surface area contributed by atoms with Crippen molar-refractivity contribution >= 4 is 16.9 Å². The topological polar surface area (TPSA) is 69.6 Å². The number of aromatic nitrogens is 4. The van der Waals surface area contributed by atoms with Crippen molar-refractivity contribution in [2.75, 3.05) is 5.73 Å². The number of imidazole rings is 1. The van der Waals surface area contributed by atoms with E-state index in [1.54, 1.807) is 6.20 Å². The highest BCUT2D eigenvalue weighted by molar-refractivity contribution is 5.77. The van der Waals surface area contributed by atoms with Crippen LogP contribution in [0.25, 0.3) is 16.9 Å². The average Bonchev–Trinajstić information content (AvgIpc) is 2.86. The first-order valence-electron chi connectivity index (χ1n) is 5.84. The van der Waals surface area contributed by atoms with Gasteiger partial charge in [0, 0.05) is 18.8 Å². The number of nitrogen functional groups attached to an aromatic ring is 1.